The molecule has 4 N–H and O–H groups in total. The summed E-state index contributed by atoms with van der Waals surface area (Å²) in [4.78, 5) is 0. The lowest BCUT2D eigenvalue weighted by atomic mass is 9.70. The molecule has 0 heterocycles. The fourth-order valence-corrected chi connectivity index (χ4v) is 9.49. The van der Waals surface area contributed by atoms with Crippen molar-refractivity contribution in [3.8, 4) is 11.5 Å². The van der Waals surface area contributed by atoms with Gasteiger partial charge in [0.05, 0.1) is 11.2 Å². The zero-order valence-electron chi connectivity index (χ0n) is 35.5. The van der Waals surface area contributed by atoms with Crippen molar-refractivity contribution in [2.75, 3.05) is 0 Å². The average Bonchev–Trinajstić information content (AvgIpc) is 3.83. The molecule has 2 aliphatic rings. The van der Waals surface area contributed by atoms with Crippen molar-refractivity contribution in [2.24, 2.45) is 0 Å². The molecule has 2 fully saturated rings. The number of hydrogen-bond acceptors (Lipinski definition) is 4. The Hall–Kier alpha value is -4.12. The summed E-state index contributed by atoms with van der Waals surface area (Å²) in [5, 5.41) is 41.1. The van der Waals surface area contributed by atoms with Crippen LogP contribution in [0.4, 0.5) is 0 Å². The van der Waals surface area contributed by atoms with E-state index in [4.69, 9.17) is 0 Å². The molecule has 4 aromatic rings. The van der Waals surface area contributed by atoms with Crippen LogP contribution in [-0.2, 0) is 10.8 Å². The highest BCUT2D eigenvalue weighted by Gasteiger charge is 2.33. The van der Waals surface area contributed by atoms with Gasteiger partial charge in [-0.15, -0.1) is 0 Å². The lowest BCUT2D eigenvalue weighted by Crippen LogP contribution is -2.26. The largest absolute Gasteiger partial charge is 0.508 e. The molecule has 4 heteroatoms. The van der Waals surface area contributed by atoms with Gasteiger partial charge >= 0.3 is 0 Å². The van der Waals surface area contributed by atoms with Gasteiger partial charge in [-0.05, 0) is 147 Å². The van der Waals surface area contributed by atoms with Gasteiger partial charge < -0.3 is 20.4 Å². The van der Waals surface area contributed by atoms with E-state index in [1.54, 1.807) is 0 Å². The van der Waals surface area contributed by atoms with Crippen LogP contribution in [0.25, 0.3) is 12.2 Å². The highest BCUT2D eigenvalue weighted by Crippen LogP contribution is 2.43. The molecule has 2 saturated carbocycles. The zero-order valence-corrected chi connectivity index (χ0v) is 35.5. The van der Waals surface area contributed by atoms with E-state index in [9.17, 15) is 20.4 Å². The minimum Gasteiger partial charge on any atom is -0.508 e. The first-order chi connectivity index (χ1) is 26.7. The summed E-state index contributed by atoms with van der Waals surface area (Å²) in [7, 11) is 0. The molecule has 0 radical (unpaired) electrons. The highest BCUT2D eigenvalue weighted by molar-refractivity contribution is 5.59. The van der Waals surface area contributed by atoms with Gasteiger partial charge in [-0.1, -0.05) is 138 Å². The quantitative estimate of drug-likeness (QED) is 0.116. The lowest BCUT2D eigenvalue weighted by Gasteiger charge is -2.34. The summed E-state index contributed by atoms with van der Waals surface area (Å²) in [6.45, 7) is 17.2. The third-order valence-electron chi connectivity index (χ3n) is 13.6. The van der Waals surface area contributed by atoms with E-state index in [0.717, 1.165) is 88.2 Å². The molecule has 0 spiro atoms. The molecule has 0 aromatic heterocycles. The lowest BCUT2D eigenvalue weighted by molar-refractivity contribution is 0.0996. The molecule has 0 aliphatic heterocycles. The third kappa shape index (κ3) is 9.19. The Labute approximate surface area is 338 Å². The van der Waals surface area contributed by atoms with E-state index in [2.05, 4.69) is 114 Å². The Morgan fingerprint density at radius 3 is 1.02 bits per heavy atom. The molecular weight excluding hydrogens is 689 g/mol. The monoisotopic (exact) mass is 757 g/mol. The highest BCUT2D eigenvalue weighted by atomic mass is 16.3. The second-order valence-electron chi connectivity index (χ2n) is 17.0. The Balaban J connectivity index is 0.000000214. The summed E-state index contributed by atoms with van der Waals surface area (Å²) < 4.78 is 0. The van der Waals surface area contributed by atoms with Crippen LogP contribution < -0.4 is 0 Å². The van der Waals surface area contributed by atoms with Gasteiger partial charge in [-0.3, -0.25) is 0 Å². The first kappa shape index (κ1) is 43.0. The van der Waals surface area contributed by atoms with E-state index in [1.165, 1.54) is 44.5 Å². The van der Waals surface area contributed by atoms with E-state index in [0.29, 0.717) is 11.5 Å². The number of hydrogen-bond donors (Lipinski definition) is 4. The van der Waals surface area contributed by atoms with Crippen molar-refractivity contribution >= 4 is 12.2 Å². The number of rotatable bonds is 12. The van der Waals surface area contributed by atoms with Gasteiger partial charge in [0.15, 0.2) is 0 Å². The Bertz CT molecular complexity index is 1850. The maximum Gasteiger partial charge on any atom is 0.118 e. The van der Waals surface area contributed by atoms with E-state index in [-0.39, 0.29) is 10.8 Å². The summed E-state index contributed by atoms with van der Waals surface area (Å²) in [6.07, 6.45) is 20.1. The third-order valence-corrected chi connectivity index (χ3v) is 13.6. The molecule has 300 valence electrons. The standard InChI is InChI=1S/2C26H34O2/c2*1-5-26(6-2,23-11-12-24(27)20(4)18-23)22-10-9-21(19(3)17-22)13-16-25(28)14-7-8-15-25/h2*9-13,16-18,27-28H,5-8,14-15H2,1-4H3/b2*16-13+. The maximum absolute atomic E-state index is 10.6. The van der Waals surface area contributed by atoms with Crippen molar-refractivity contribution in [3.63, 3.8) is 0 Å². The summed E-state index contributed by atoms with van der Waals surface area (Å²) in [5.74, 6) is 0.706. The molecule has 4 nitrogen and oxygen atoms in total. The second kappa shape index (κ2) is 18.0. The predicted octanol–water partition coefficient (Wildman–Crippen LogP) is 12.9. The van der Waals surface area contributed by atoms with Crippen LogP contribution in [0.15, 0.2) is 84.9 Å². The van der Waals surface area contributed by atoms with Crippen molar-refractivity contribution in [1.82, 2.24) is 0 Å². The van der Waals surface area contributed by atoms with Gasteiger partial charge in [0.25, 0.3) is 0 Å². The zero-order chi connectivity index (χ0) is 40.7. The summed E-state index contributed by atoms with van der Waals surface area (Å²) in [5.41, 5.74) is 10.4. The smallest absolute Gasteiger partial charge is 0.118 e. The number of aromatic hydroxyl groups is 2. The molecule has 0 unspecified atom stereocenters. The van der Waals surface area contributed by atoms with Crippen molar-refractivity contribution in [3.05, 3.63) is 141 Å². The number of aliphatic hydroxyl groups is 2. The number of phenolic OH excluding ortho intramolecular Hbond substituents is 2. The number of benzene rings is 4. The van der Waals surface area contributed by atoms with Gasteiger partial charge in [0.1, 0.15) is 11.5 Å². The Morgan fingerprint density at radius 2 is 0.750 bits per heavy atom. The van der Waals surface area contributed by atoms with Crippen LogP contribution in [0.1, 0.15) is 160 Å². The number of aryl methyl sites for hydroxylation is 4. The van der Waals surface area contributed by atoms with Crippen molar-refractivity contribution in [1.29, 1.82) is 0 Å². The topological polar surface area (TPSA) is 80.9 Å². The van der Waals surface area contributed by atoms with Gasteiger partial charge in [0.2, 0.25) is 0 Å². The average molecular weight is 757 g/mol. The van der Waals surface area contributed by atoms with Crippen LogP contribution in [0, 0.1) is 27.7 Å². The van der Waals surface area contributed by atoms with E-state index < -0.39 is 11.2 Å². The normalized spacial score (nSPS) is 16.8. The van der Waals surface area contributed by atoms with Gasteiger partial charge in [-0.2, -0.15) is 0 Å². The SMILES string of the molecule is CCC(CC)(c1ccc(O)c(C)c1)c1ccc(/C=C/C2(O)CCCC2)c(C)c1.CCC(CC)(c1ccc(O)c(C)c1)c1ccc(/C=C/C2(O)CCCC2)c(C)c1. The number of phenols is 2. The first-order valence-electron chi connectivity index (χ1n) is 21.3. The van der Waals surface area contributed by atoms with Crippen LogP contribution in [0.5, 0.6) is 11.5 Å². The van der Waals surface area contributed by atoms with Gasteiger partial charge in [0, 0.05) is 10.8 Å². The Morgan fingerprint density at radius 1 is 0.464 bits per heavy atom. The van der Waals surface area contributed by atoms with Crippen LogP contribution in [0.2, 0.25) is 0 Å². The second-order valence-corrected chi connectivity index (χ2v) is 17.0. The van der Waals surface area contributed by atoms with Gasteiger partial charge in [-0.25, -0.2) is 0 Å². The van der Waals surface area contributed by atoms with Crippen LogP contribution >= 0.6 is 0 Å². The molecule has 6 rings (SSSR count). The first-order valence-corrected chi connectivity index (χ1v) is 21.3. The molecule has 0 saturated heterocycles. The molecule has 0 bridgehead atoms. The van der Waals surface area contributed by atoms with Crippen molar-refractivity contribution in [2.45, 2.75) is 154 Å². The molecule has 2 aliphatic carbocycles. The fraction of sp³-hybridized carbons (Fsp3) is 0.462. The molecule has 0 atom stereocenters. The summed E-state index contributed by atoms with van der Waals surface area (Å²) >= 11 is 0. The molecule has 4 aromatic carbocycles. The minimum absolute atomic E-state index is 0.0604. The van der Waals surface area contributed by atoms with Crippen molar-refractivity contribution < 1.29 is 20.4 Å². The summed E-state index contributed by atoms with van der Waals surface area (Å²) in [6, 6.07) is 25.5. The van der Waals surface area contributed by atoms with Crippen LogP contribution in [-0.4, -0.2) is 31.6 Å². The minimum atomic E-state index is -0.620. The van der Waals surface area contributed by atoms with E-state index in [1.807, 2.05) is 38.1 Å². The molecular formula is C52H68O4. The fourth-order valence-electron chi connectivity index (χ4n) is 9.49. The predicted molar refractivity (Wildman–Crippen MR) is 236 cm³/mol. The van der Waals surface area contributed by atoms with Crippen LogP contribution in [0.3, 0.4) is 0 Å². The maximum atomic E-state index is 10.6. The molecule has 0 amide bonds. The Kier molecular flexibility index (Phi) is 13.8. The van der Waals surface area contributed by atoms with E-state index >= 15 is 0 Å². The molecule has 56 heavy (non-hydrogen) atoms.